The van der Waals surface area contributed by atoms with Crippen molar-refractivity contribution >= 4 is 23.4 Å². The Labute approximate surface area is 115 Å². The van der Waals surface area contributed by atoms with Crippen molar-refractivity contribution in [3.05, 3.63) is 42.2 Å². The first-order chi connectivity index (χ1) is 9.54. The molecule has 2 aromatic rings. The molecule has 0 radical (unpaired) electrons. The molecule has 104 valence electrons. The standard InChI is InChI=1S/C13H14N4O3/c1-9-4-2-3-5-11(9)16-13(20)15-10-6-14-17(7-10)8-12(18)19/h2-7H,8H2,1H3,(H,18,19)(H2,15,16,20). The van der Waals surface area contributed by atoms with Gasteiger partial charge in [-0.3, -0.25) is 9.48 Å². The van der Waals surface area contributed by atoms with Crippen LogP contribution in [0.2, 0.25) is 0 Å². The molecule has 0 atom stereocenters. The summed E-state index contributed by atoms with van der Waals surface area (Å²) in [4.78, 5) is 22.3. The maximum Gasteiger partial charge on any atom is 0.325 e. The first-order valence-corrected chi connectivity index (χ1v) is 5.92. The van der Waals surface area contributed by atoms with Gasteiger partial charge in [-0.25, -0.2) is 4.79 Å². The van der Waals surface area contributed by atoms with E-state index in [1.54, 1.807) is 6.07 Å². The number of hydrogen-bond acceptors (Lipinski definition) is 3. The molecular formula is C13H14N4O3. The maximum absolute atomic E-state index is 11.8. The summed E-state index contributed by atoms with van der Waals surface area (Å²) in [5.41, 5.74) is 2.09. The van der Waals surface area contributed by atoms with E-state index in [-0.39, 0.29) is 6.54 Å². The molecule has 2 rings (SSSR count). The van der Waals surface area contributed by atoms with Gasteiger partial charge in [-0.2, -0.15) is 5.10 Å². The van der Waals surface area contributed by atoms with Crippen LogP contribution in [0, 0.1) is 6.92 Å². The number of urea groups is 1. The van der Waals surface area contributed by atoms with Gasteiger partial charge in [0.15, 0.2) is 0 Å². The Balaban J connectivity index is 1.96. The first-order valence-electron chi connectivity index (χ1n) is 5.92. The van der Waals surface area contributed by atoms with Gasteiger partial charge in [0.1, 0.15) is 6.54 Å². The second kappa shape index (κ2) is 5.87. The highest BCUT2D eigenvalue weighted by Gasteiger charge is 2.07. The Kier molecular flexibility index (Phi) is 3.99. The predicted octanol–water partition coefficient (Wildman–Crippen LogP) is 1.92. The van der Waals surface area contributed by atoms with Crippen LogP contribution in [0.5, 0.6) is 0 Å². The number of anilines is 2. The fraction of sp³-hybridized carbons (Fsp3) is 0.154. The van der Waals surface area contributed by atoms with Crippen LogP contribution in [0.25, 0.3) is 0 Å². The second-order valence-corrected chi connectivity index (χ2v) is 4.21. The summed E-state index contributed by atoms with van der Waals surface area (Å²) in [5.74, 6) is -0.996. The molecule has 0 aliphatic heterocycles. The highest BCUT2D eigenvalue weighted by atomic mass is 16.4. The van der Waals surface area contributed by atoms with Gasteiger partial charge in [0.2, 0.25) is 0 Å². The quantitative estimate of drug-likeness (QED) is 0.793. The number of para-hydroxylation sites is 1. The number of nitrogens with zero attached hydrogens (tertiary/aromatic N) is 2. The zero-order valence-electron chi connectivity index (χ0n) is 10.8. The van der Waals surface area contributed by atoms with Crippen molar-refractivity contribution in [1.29, 1.82) is 0 Å². The molecule has 0 aliphatic carbocycles. The third-order valence-corrected chi connectivity index (χ3v) is 2.58. The van der Waals surface area contributed by atoms with Crippen molar-refractivity contribution in [3.63, 3.8) is 0 Å². The molecule has 1 aromatic carbocycles. The van der Waals surface area contributed by atoms with Crippen LogP contribution in [0.4, 0.5) is 16.2 Å². The van der Waals surface area contributed by atoms with Crippen LogP contribution in [0.1, 0.15) is 5.56 Å². The maximum atomic E-state index is 11.8. The lowest BCUT2D eigenvalue weighted by Crippen LogP contribution is -2.19. The van der Waals surface area contributed by atoms with Crippen molar-refractivity contribution in [2.75, 3.05) is 10.6 Å². The van der Waals surface area contributed by atoms with E-state index in [0.717, 1.165) is 5.56 Å². The summed E-state index contributed by atoms with van der Waals surface area (Å²) in [6, 6.07) is 6.99. The summed E-state index contributed by atoms with van der Waals surface area (Å²) in [6.45, 7) is 1.64. The molecule has 20 heavy (non-hydrogen) atoms. The summed E-state index contributed by atoms with van der Waals surface area (Å²) in [7, 11) is 0. The number of rotatable bonds is 4. The van der Waals surface area contributed by atoms with E-state index in [0.29, 0.717) is 11.4 Å². The van der Waals surface area contributed by atoms with Gasteiger partial charge in [0.05, 0.1) is 11.9 Å². The number of amides is 2. The Morgan fingerprint density at radius 2 is 2.05 bits per heavy atom. The normalized spacial score (nSPS) is 10.1. The molecule has 7 nitrogen and oxygen atoms in total. The summed E-state index contributed by atoms with van der Waals surface area (Å²) in [6.07, 6.45) is 2.84. The summed E-state index contributed by atoms with van der Waals surface area (Å²) < 4.78 is 1.23. The van der Waals surface area contributed by atoms with Gasteiger partial charge in [-0.15, -0.1) is 0 Å². The second-order valence-electron chi connectivity index (χ2n) is 4.21. The third-order valence-electron chi connectivity index (χ3n) is 2.58. The van der Waals surface area contributed by atoms with E-state index in [2.05, 4.69) is 15.7 Å². The van der Waals surface area contributed by atoms with Crippen LogP contribution in [-0.4, -0.2) is 26.9 Å². The molecule has 7 heteroatoms. The third kappa shape index (κ3) is 3.58. The highest BCUT2D eigenvalue weighted by molar-refractivity contribution is 6.00. The molecule has 1 heterocycles. The minimum Gasteiger partial charge on any atom is -0.480 e. The minimum atomic E-state index is -0.996. The van der Waals surface area contributed by atoms with E-state index in [4.69, 9.17) is 5.11 Å². The lowest BCUT2D eigenvalue weighted by Gasteiger charge is -2.08. The van der Waals surface area contributed by atoms with Gasteiger partial charge in [0, 0.05) is 11.9 Å². The number of carboxylic acids is 1. The molecule has 0 saturated carbocycles. The van der Waals surface area contributed by atoms with Gasteiger partial charge >= 0.3 is 12.0 Å². The van der Waals surface area contributed by atoms with E-state index < -0.39 is 12.0 Å². The van der Waals surface area contributed by atoms with Crippen LogP contribution in [0.3, 0.4) is 0 Å². The van der Waals surface area contributed by atoms with Crippen molar-refractivity contribution in [3.8, 4) is 0 Å². The van der Waals surface area contributed by atoms with Crippen LogP contribution >= 0.6 is 0 Å². The smallest absolute Gasteiger partial charge is 0.325 e. The SMILES string of the molecule is Cc1ccccc1NC(=O)Nc1cnn(CC(=O)O)c1. The van der Waals surface area contributed by atoms with Gasteiger partial charge in [0.25, 0.3) is 0 Å². The number of aryl methyl sites for hydroxylation is 1. The van der Waals surface area contributed by atoms with Crippen molar-refractivity contribution in [1.82, 2.24) is 9.78 Å². The Morgan fingerprint density at radius 1 is 1.30 bits per heavy atom. The first kappa shape index (κ1) is 13.6. The van der Waals surface area contributed by atoms with E-state index in [1.807, 2.05) is 25.1 Å². The molecular weight excluding hydrogens is 260 g/mol. The Bertz CT molecular complexity index is 636. The van der Waals surface area contributed by atoms with E-state index in [1.165, 1.54) is 17.1 Å². The summed E-state index contributed by atoms with van der Waals surface area (Å²) in [5, 5.41) is 17.7. The van der Waals surface area contributed by atoms with Crippen molar-refractivity contribution < 1.29 is 14.7 Å². The Hall–Kier alpha value is -2.83. The molecule has 0 aliphatic rings. The largest absolute Gasteiger partial charge is 0.480 e. The molecule has 2 amide bonds. The van der Waals surface area contributed by atoms with Crippen LogP contribution in [0.15, 0.2) is 36.7 Å². The number of nitrogens with one attached hydrogen (secondary N) is 2. The van der Waals surface area contributed by atoms with Gasteiger partial charge in [-0.1, -0.05) is 18.2 Å². The Morgan fingerprint density at radius 3 is 2.75 bits per heavy atom. The lowest BCUT2D eigenvalue weighted by atomic mass is 10.2. The monoisotopic (exact) mass is 274 g/mol. The molecule has 3 N–H and O–H groups in total. The van der Waals surface area contributed by atoms with Gasteiger partial charge < -0.3 is 15.7 Å². The zero-order chi connectivity index (χ0) is 14.5. The number of benzene rings is 1. The van der Waals surface area contributed by atoms with E-state index >= 15 is 0 Å². The molecule has 1 aromatic heterocycles. The molecule has 0 saturated heterocycles. The predicted molar refractivity (Wildman–Crippen MR) is 73.7 cm³/mol. The fourth-order valence-electron chi connectivity index (χ4n) is 1.65. The number of aliphatic carboxylic acids is 1. The average Bonchev–Trinajstić information content (AvgIpc) is 2.78. The number of aromatic nitrogens is 2. The average molecular weight is 274 g/mol. The van der Waals surface area contributed by atoms with E-state index in [9.17, 15) is 9.59 Å². The minimum absolute atomic E-state index is 0.249. The zero-order valence-corrected chi connectivity index (χ0v) is 10.8. The highest BCUT2D eigenvalue weighted by Crippen LogP contribution is 2.13. The topological polar surface area (TPSA) is 96.3 Å². The molecule has 0 spiro atoms. The number of carboxylic acid groups (broad SMARTS) is 1. The van der Waals surface area contributed by atoms with Crippen molar-refractivity contribution in [2.24, 2.45) is 0 Å². The molecule has 0 unspecified atom stereocenters. The van der Waals surface area contributed by atoms with Crippen LogP contribution in [-0.2, 0) is 11.3 Å². The van der Waals surface area contributed by atoms with Crippen molar-refractivity contribution in [2.45, 2.75) is 13.5 Å². The number of carbonyl (C=O) groups is 2. The number of hydrogen-bond donors (Lipinski definition) is 3. The van der Waals surface area contributed by atoms with Gasteiger partial charge in [-0.05, 0) is 18.6 Å². The summed E-state index contributed by atoms with van der Waals surface area (Å²) >= 11 is 0. The molecule has 0 bridgehead atoms. The number of carbonyl (C=O) groups excluding carboxylic acids is 1. The molecule has 0 fully saturated rings. The fourth-order valence-corrected chi connectivity index (χ4v) is 1.65. The van der Waals surface area contributed by atoms with Crippen LogP contribution < -0.4 is 10.6 Å². The lowest BCUT2D eigenvalue weighted by molar-refractivity contribution is -0.137.